The Bertz CT molecular complexity index is 322. The van der Waals surface area contributed by atoms with Crippen LogP contribution in [0.3, 0.4) is 0 Å². The molecule has 0 aliphatic carbocycles. The van der Waals surface area contributed by atoms with E-state index in [0.29, 0.717) is 6.42 Å². The van der Waals surface area contributed by atoms with Gasteiger partial charge in [-0.1, -0.05) is 0 Å². The predicted octanol–water partition coefficient (Wildman–Crippen LogP) is -0.128. The number of ether oxygens (including phenoxy) is 2. The summed E-state index contributed by atoms with van der Waals surface area (Å²) >= 11 is 0. The van der Waals surface area contributed by atoms with Crippen molar-refractivity contribution in [3.63, 3.8) is 0 Å². The summed E-state index contributed by atoms with van der Waals surface area (Å²) in [5.74, 6) is -0.482. The molecule has 5 nitrogen and oxygen atoms in total. The van der Waals surface area contributed by atoms with Crippen LogP contribution in [0.25, 0.3) is 0 Å². The van der Waals surface area contributed by atoms with Crippen molar-refractivity contribution in [3.8, 4) is 0 Å². The first kappa shape index (κ1) is 10.5. The van der Waals surface area contributed by atoms with E-state index in [0.717, 1.165) is 6.42 Å². The van der Waals surface area contributed by atoms with Crippen LogP contribution >= 0.6 is 0 Å². The van der Waals surface area contributed by atoms with Crippen molar-refractivity contribution in [3.05, 3.63) is 0 Å². The molecule has 0 unspecified atom stereocenters. The molecule has 0 spiro atoms. The van der Waals surface area contributed by atoms with E-state index in [9.17, 15) is 9.90 Å². The van der Waals surface area contributed by atoms with E-state index < -0.39 is 5.79 Å². The maximum absolute atomic E-state index is 11.7. The van der Waals surface area contributed by atoms with Crippen LogP contribution in [-0.4, -0.2) is 52.6 Å². The van der Waals surface area contributed by atoms with Crippen molar-refractivity contribution < 1.29 is 19.4 Å². The molecule has 3 fully saturated rings. The zero-order chi connectivity index (χ0) is 11.5. The Kier molecular flexibility index (Phi) is 2.09. The molecule has 0 aromatic heterocycles. The molecule has 90 valence electrons. The van der Waals surface area contributed by atoms with Gasteiger partial charge >= 0.3 is 0 Å². The fourth-order valence-corrected chi connectivity index (χ4v) is 3.24. The topological polar surface area (TPSA) is 59.0 Å². The molecule has 3 heterocycles. The summed E-state index contributed by atoms with van der Waals surface area (Å²) in [4.78, 5) is 13.5. The molecule has 0 saturated carbocycles. The van der Waals surface area contributed by atoms with Crippen LogP contribution in [-0.2, 0) is 14.3 Å². The molecule has 3 saturated heterocycles. The van der Waals surface area contributed by atoms with E-state index in [-0.39, 0.29) is 36.8 Å². The highest BCUT2D eigenvalue weighted by molar-refractivity contribution is 5.80. The SMILES string of the molecule is CC1(C)O[C@@H]2[C@H](O1)[C@H](CO)N1C(=O)CC[C@H]21. The number of carbonyl (C=O) groups is 1. The van der Waals surface area contributed by atoms with Gasteiger partial charge in [0.1, 0.15) is 12.2 Å². The molecule has 1 amide bonds. The zero-order valence-electron chi connectivity index (χ0n) is 9.55. The Morgan fingerprint density at radius 1 is 1.44 bits per heavy atom. The predicted molar refractivity (Wildman–Crippen MR) is 54.6 cm³/mol. The van der Waals surface area contributed by atoms with Crippen molar-refractivity contribution in [1.29, 1.82) is 0 Å². The van der Waals surface area contributed by atoms with Gasteiger partial charge in [-0.2, -0.15) is 0 Å². The molecule has 3 rings (SSSR count). The van der Waals surface area contributed by atoms with Gasteiger partial charge in [0.25, 0.3) is 0 Å². The van der Waals surface area contributed by atoms with Gasteiger partial charge in [-0.15, -0.1) is 0 Å². The highest BCUT2D eigenvalue weighted by Crippen LogP contribution is 2.44. The molecule has 0 aromatic carbocycles. The Labute approximate surface area is 94.3 Å². The number of nitrogens with zero attached hydrogens (tertiary/aromatic N) is 1. The summed E-state index contributed by atoms with van der Waals surface area (Å²) in [5.41, 5.74) is 0. The van der Waals surface area contributed by atoms with Crippen LogP contribution in [0.2, 0.25) is 0 Å². The summed E-state index contributed by atoms with van der Waals surface area (Å²) in [5, 5.41) is 9.42. The number of rotatable bonds is 1. The molecule has 16 heavy (non-hydrogen) atoms. The summed E-state index contributed by atoms with van der Waals surface area (Å²) in [6.07, 6.45) is 1.14. The van der Waals surface area contributed by atoms with Gasteiger partial charge in [-0.05, 0) is 20.3 Å². The minimum Gasteiger partial charge on any atom is -0.394 e. The van der Waals surface area contributed by atoms with Crippen LogP contribution < -0.4 is 0 Å². The largest absolute Gasteiger partial charge is 0.394 e. The van der Waals surface area contributed by atoms with Gasteiger partial charge in [-0.3, -0.25) is 4.79 Å². The van der Waals surface area contributed by atoms with Gasteiger partial charge in [0.2, 0.25) is 5.91 Å². The number of aliphatic hydroxyl groups is 1. The first-order valence-electron chi connectivity index (χ1n) is 5.81. The van der Waals surface area contributed by atoms with Crippen molar-refractivity contribution in [2.24, 2.45) is 0 Å². The van der Waals surface area contributed by atoms with E-state index in [1.54, 1.807) is 4.90 Å². The second-order valence-corrected chi connectivity index (χ2v) is 5.22. The maximum Gasteiger partial charge on any atom is 0.223 e. The average molecular weight is 227 g/mol. The first-order valence-corrected chi connectivity index (χ1v) is 5.81. The lowest BCUT2D eigenvalue weighted by Gasteiger charge is -2.28. The minimum absolute atomic E-state index is 0.0527. The van der Waals surface area contributed by atoms with Gasteiger partial charge in [0.15, 0.2) is 5.79 Å². The number of hydrogen-bond donors (Lipinski definition) is 1. The lowest BCUT2D eigenvalue weighted by Crippen LogP contribution is -2.43. The molecule has 1 N–H and O–H groups in total. The van der Waals surface area contributed by atoms with Gasteiger partial charge < -0.3 is 19.5 Å². The fraction of sp³-hybridized carbons (Fsp3) is 0.909. The van der Waals surface area contributed by atoms with E-state index in [1.165, 1.54) is 0 Å². The monoisotopic (exact) mass is 227 g/mol. The highest BCUT2D eigenvalue weighted by atomic mass is 16.8. The molecule has 3 aliphatic rings. The van der Waals surface area contributed by atoms with E-state index in [2.05, 4.69) is 0 Å². The first-order chi connectivity index (χ1) is 7.53. The average Bonchev–Trinajstić information content (AvgIpc) is 2.77. The van der Waals surface area contributed by atoms with Gasteiger partial charge in [0, 0.05) is 6.42 Å². The molecule has 4 atom stereocenters. The summed E-state index contributed by atoms with van der Waals surface area (Å²) in [7, 11) is 0. The number of carbonyl (C=O) groups excluding carboxylic acids is 1. The Morgan fingerprint density at radius 2 is 2.12 bits per heavy atom. The molecule has 0 aromatic rings. The van der Waals surface area contributed by atoms with Gasteiger partial charge in [-0.25, -0.2) is 0 Å². The second-order valence-electron chi connectivity index (χ2n) is 5.22. The van der Waals surface area contributed by atoms with Crippen molar-refractivity contribution >= 4 is 5.91 Å². The number of amides is 1. The molecule has 3 aliphatic heterocycles. The second kappa shape index (κ2) is 3.18. The third kappa shape index (κ3) is 1.25. The maximum atomic E-state index is 11.7. The summed E-state index contributed by atoms with van der Waals surface area (Å²) < 4.78 is 11.6. The van der Waals surface area contributed by atoms with Crippen LogP contribution in [0.1, 0.15) is 26.7 Å². The standard InChI is InChI=1S/C11H17NO4/c1-11(2)15-9-6-3-4-8(14)12(6)7(5-13)10(9)16-11/h6-7,9-10,13H,3-5H2,1-2H3/t6-,7+,9+,10-/m1/s1. The van der Waals surface area contributed by atoms with Crippen LogP contribution in [0, 0.1) is 0 Å². The fourth-order valence-electron chi connectivity index (χ4n) is 3.24. The molecule has 0 radical (unpaired) electrons. The Morgan fingerprint density at radius 3 is 2.81 bits per heavy atom. The lowest BCUT2D eigenvalue weighted by molar-refractivity contribution is -0.171. The minimum atomic E-state index is -0.597. The molecular weight excluding hydrogens is 210 g/mol. The van der Waals surface area contributed by atoms with Crippen LogP contribution in [0.4, 0.5) is 0 Å². The highest BCUT2D eigenvalue weighted by Gasteiger charge is 2.60. The quantitative estimate of drug-likeness (QED) is 0.678. The van der Waals surface area contributed by atoms with Crippen molar-refractivity contribution in [1.82, 2.24) is 4.90 Å². The summed E-state index contributed by atoms with van der Waals surface area (Å²) in [6.45, 7) is 3.70. The molecular formula is C11H17NO4. The van der Waals surface area contributed by atoms with Crippen LogP contribution in [0.5, 0.6) is 0 Å². The van der Waals surface area contributed by atoms with Crippen molar-refractivity contribution in [2.45, 2.75) is 56.8 Å². The van der Waals surface area contributed by atoms with E-state index >= 15 is 0 Å². The van der Waals surface area contributed by atoms with Crippen molar-refractivity contribution in [2.75, 3.05) is 6.61 Å². The van der Waals surface area contributed by atoms with Gasteiger partial charge in [0.05, 0.1) is 18.7 Å². The summed E-state index contributed by atoms with van der Waals surface area (Å²) in [6, 6.07) is -0.136. The lowest BCUT2D eigenvalue weighted by atomic mass is 10.1. The molecule has 5 heteroatoms. The molecule has 0 bridgehead atoms. The number of hydrogen-bond acceptors (Lipinski definition) is 4. The van der Waals surface area contributed by atoms with E-state index in [4.69, 9.17) is 9.47 Å². The third-order valence-corrected chi connectivity index (χ3v) is 3.77. The Hall–Kier alpha value is -0.650. The third-order valence-electron chi connectivity index (χ3n) is 3.77. The Balaban J connectivity index is 1.91. The number of fused-ring (bicyclic) bond motifs is 3. The normalized spacial score (nSPS) is 44.9. The number of aliphatic hydroxyl groups excluding tert-OH is 1. The van der Waals surface area contributed by atoms with Crippen LogP contribution in [0.15, 0.2) is 0 Å². The van der Waals surface area contributed by atoms with E-state index in [1.807, 2.05) is 13.8 Å². The zero-order valence-corrected chi connectivity index (χ0v) is 9.55. The smallest absolute Gasteiger partial charge is 0.223 e.